The summed E-state index contributed by atoms with van der Waals surface area (Å²) in [5, 5.41) is 25.5. The first-order chi connectivity index (χ1) is 11.1. The number of tetrazole rings is 1. The van der Waals surface area contributed by atoms with Crippen LogP contribution >= 0.6 is 23.4 Å². The zero-order valence-corrected chi connectivity index (χ0v) is 13.2. The molecule has 0 spiro atoms. The number of nitrogens with one attached hydrogen (secondary N) is 1. The molecule has 0 radical (unpaired) electrons. The van der Waals surface area contributed by atoms with Crippen LogP contribution in [0.5, 0.6) is 0 Å². The highest BCUT2D eigenvalue weighted by atomic mass is 35.5. The molecule has 0 aliphatic rings. The Morgan fingerprint density at radius 3 is 2.74 bits per heavy atom. The van der Waals surface area contributed by atoms with Crippen molar-refractivity contribution in [3.63, 3.8) is 0 Å². The van der Waals surface area contributed by atoms with Gasteiger partial charge >= 0.3 is 0 Å². The van der Waals surface area contributed by atoms with Gasteiger partial charge in [0.2, 0.25) is 5.16 Å². The van der Waals surface area contributed by atoms with E-state index in [4.69, 9.17) is 11.6 Å². The van der Waals surface area contributed by atoms with Gasteiger partial charge in [0.15, 0.2) is 0 Å². The highest BCUT2D eigenvalue weighted by molar-refractivity contribution is 7.99. The molecule has 0 saturated carbocycles. The lowest BCUT2D eigenvalue weighted by atomic mass is 10.0. The van der Waals surface area contributed by atoms with Crippen LogP contribution in [-0.4, -0.2) is 25.5 Å². The van der Waals surface area contributed by atoms with E-state index in [1.165, 1.54) is 23.9 Å². The van der Waals surface area contributed by atoms with Crippen molar-refractivity contribution in [3.05, 3.63) is 68.7 Å². The largest absolute Gasteiger partial charge is 0.270 e. The Morgan fingerprint density at radius 2 is 2.04 bits per heavy atom. The third-order valence-corrected chi connectivity index (χ3v) is 4.45. The van der Waals surface area contributed by atoms with Crippen molar-refractivity contribution in [2.75, 3.05) is 0 Å². The Hall–Kier alpha value is -2.45. The summed E-state index contributed by atoms with van der Waals surface area (Å²) in [4.78, 5) is 11.3. The van der Waals surface area contributed by atoms with Crippen LogP contribution < -0.4 is 0 Å². The molecule has 0 amide bonds. The summed E-state index contributed by atoms with van der Waals surface area (Å²) in [6.07, 6.45) is 0.553. The van der Waals surface area contributed by atoms with E-state index in [-0.39, 0.29) is 5.69 Å². The van der Waals surface area contributed by atoms with E-state index >= 15 is 0 Å². The lowest BCUT2D eigenvalue weighted by Crippen LogP contribution is -1.94. The molecule has 0 aliphatic heterocycles. The monoisotopic (exact) mass is 347 g/mol. The molecule has 1 N–H and O–H groups in total. The number of non-ortho nitro benzene ring substituents is 1. The lowest BCUT2D eigenvalue weighted by molar-refractivity contribution is -0.384. The van der Waals surface area contributed by atoms with E-state index in [0.717, 1.165) is 16.0 Å². The zero-order valence-electron chi connectivity index (χ0n) is 11.6. The minimum absolute atomic E-state index is 0.0202. The molecular formula is C14H10ClN5O2S. The summed E-state index contributed by atoms with van der Waals surface area (Å²) in [7, 11) is 0. The molecule has 3 rings (SSSR count). The molecule has 3 aromatic rings. The maximum Gasteiger partial charge on any atom is 0.270 e. The minimum Gasteiger partial charge on any atom is -0.258 e. The summed E-state index contributed by atoms with van der Waals surface area (Å²) < 4.78 is 0. The van der Waals surface area contributed by atoms with Gasteiger partial charge in [-0.25, -0.2) is 0 Å². The predicted molar refractivity (Wildman–Crippen MR) is 85.7 cm³/mol. The number of nitro groups is 1. The third kappa shape index (κ3) is 3.66. The SMILES string of the molecule is O=[N+]([O-])c1ccc(Cc2ccccc2Sc2nn[nH]n2)c(Cl)c1. The number of aromatic amines is 1. The van der Waals surface area contributed by atoms with E-state index in [0.29, 0.717) is 16.6 Å². The van der Waals surface area contributed by atoms with Gasteiger partial charge in [-0.05, 0) is 34.2 Å². The van der Waals surface area contributed by atoms with Gasteiger partial charge in [-0.2, -0.15) is 5.21 Å². The van der Waals surface area contributed by atoms with Crippen LogP contribution in [0.3, 0.4) is 0 Å². The van der Waals surface area contributed by atoms with Gasteiger partial charge in [-0.15, -0.1) is 10.2 Å². The van der Waals surface area contributed by atoms with Crippen molar-refractivity contribution in [2.45, 2.75) is 16.5 Å². The molecule has 0 bridgehead atoms. The zero-order chi connectivity index (χ0) is 16.2. The number of rotatable bonds is 5. The van der Waals surface area contributed by atoms with E-state index < -0.39 is 4.92 Å². The average Bonchev–Trinajstić information content (AvgIpc) is 3.04. The number of nitro benzene ring substituents is 1. The Labute approximate surface area is 140 Å². The molecule has 0 saturated heterocycles. The smallest absolute Gasteiger partial charge is 0.258 e. The third-order valence-electron chi connectivity index (χ3n) is 3.13. The second-order valence-electron chi connectivity index (χ2n) is 4.61. The van der Waals surface area contributed by atoms with E-state index in [9.17, 15) is 10.1 Å². The standard InChI is InChI=1S/C14H10ClN5O2S/c15-12-8-11(20(21)22)6-5-9(12)7-10-3-1-2-4-13(10)23-14-16-18-19-17-14/h1-6,8H,7H2,(H,16,17,18,19). The van der Waals surface area contributed by atoms with Crippen molar-refractivity contribution in [3.8, 4) is 0 Å². The quantitative estimate of drug-likeness (QED) is 0.560. The molecule has 0 atom stereocenters. The molecule has 0 unspecified atom stereocenters. The molecule has 1 aromatic heterocycles. The Morgan fingerprint density at radius 1 is 1.22 bits per heavy atom. The first-order valence-corrected chi connectivity index (χ1v) is 7.75. The first-order valence-electron chi connectivity index (χ1n) is 6.55. The van der Waals surface area contributed by atoms with Gasteiger partial charge in [0.1, 0.15) is 0 Å². The minimum atomic E-state index is -0.463. The van der Waals surface area contributed by atoms with Crippen LogP contribution in [0.15, 0.2) is 52.5 Å². The number of hydrogen-bond donors (Lipinski definition) is 1. The van der Waals surface area contributed by atoms with Crippen LogP contribution in [0.1, 0.15) is 11.1 Å². The number of halogens is 1. The Balaban J connectivity index is 1.87. The van der Waals surface area contributed by atoms with Gasteiger partial charge < -0.3 is 0 Å². The fourth-order valence-electron chi connectivity index (χ4n) is 2.04. The van der Waals surface area contributed by atoms with E-state index in [1.54, 1.807) is 6.07 Å². The second-order valence-corrected chi connectivity index (χ2v) is 6.03. The van der Waals surface area contributed by atoms with Crippen molar-refractivity contribution in [1.29, 1.82) is 0 Å². The summed E-state index contributed by atoms with van der Waals surface area (Å²) in [5.41, 5.74) is 1.82. The van der Waals surface area contributed by atoms with Crippen LogP contribution in [0.4, 0.5) is 5.69 Å². The van der Waals surface area contributed by atoms with Gasteiger partial charge in [-0.1, -0.05) is 35.9 Å². The molecule has 0 fully saturated rings. The highest BCUT2D eigenvalue weighted by Gasteiger charge is 2.12. The molecule has 9 heteroatoms. The van der Waals surface area contributed by atoms with Crippen LogP contribution in [-0.2, 0) is 6.42 Å². The average molecular weight is 348 g/mol. The van der Waals surface area contributed by atoms with Gasteiger partial charge in [0, 0.05) is 23.4 Å². The summed E-state index contributed by atoms with van der Waals surface area (Å²) in [5.74, 6) is 0. The van der Waals surface area contributed by atoms with Crippen LogP contribution in [0.25, 0.3) is 0 Å². The maximum absolute atomic E-state index is 10.8. The van der Waals surface area contributed by atoms with Crippen molar-refractivity contribution < 1.29 is 4.92 Å². The van der Waals surface area contributed by atoms with Crippen molar-refractivity contribution in [1.82, 2.24) is 20.6 Å². The van der Waals surface area contributed by atoms with E-state index in [1.807, 2.05) is 24.3 Å². The van der Waals surface area contributed by atoms with Crippen molar-refractivity contribution in [2.24, 2.45) is 0 Å². The maximum atomic E-state index is 10.8. The molecule has 2 aromatic carbocycles. The van der Waals surface area contributed by atoms with E-state index in [2.05, 4.69) is 20.6 Å². The van der Waals surface area contributed by atoms with Crippen LogP contribution in [0, 0.1) is 10.1 Å². The lowest BCUT2D eigenvalue weighted by Gasteiger charge is -2.08. The fourth-order valence-corrected chi connectivity index (χ4v) is 3.07. The normalized spacial score (nSPS) is 10.7. The highest BCUT2D eigenvalue weighted by Crippen LogP contribution is 2.31. The summed E-state index contributed by atoms with van der Waals surface area (Å²) in [6, 6.07) is 12.3. The summed E-state index contributed by atoms with van der Waals surface area (Å²) in [6.45, 7) is 0. The van der Waals surface area contributed by atoms with Gasteiger partial charge in [0.05, 0.1) is 9.95 Å². The van der Waals surface area contributed by atoms with Gasteiger partial charge in [-0.3, -0.25) is 10.1 Å². The molecule has 7 nitrogen and oxygen atoms in total. The first kappa shape index (κ1) is 15.4. The number of H-pyrrole nitrogens is 1. The number of benzene rings is 2. The predicted octanol–water partition coefficient (Wildman–Crippen LogP) is 3.50. The molecule has 0 aliphatic carbocycles. The topological polar surface area (TPSA) is 97.6 Å². The van der Waals surface area contributed by atoms with Gasteiger partial charge in [0.25, 0.3) is 5.69 Å². The molecule has 1 heterocycles. The fraction of sp³-hybridized carbons (Fsp3) is 0.0714. The number of hydrogen-bond acceptors (Lipinski definition) is 6. The second kappa shape index (κ2) is 6.76. The molecule has 116 valence electrons. The Kier molecular flexibility index (Phi) is 4.54. The summed E-state index contributed by atoms with van der Waals surface area (Å²) >= 11 is 7.55. The Bertz CT molecular complexity index is 841. The molecule has 23 heavy (non-hydrogen) atoms. The van der Waals surface area contributed by atoms with Crippen LogP contribution in [0.2, 0.25) is 5.02 Å². The molecular weight excluding hydrogens is 338 g/mol. The number of aromatic nitrogens is 4. The van der Waals surface area contributed by atoms with Crippen molar-refractivity contribution >= 4 is 29.1 Å². The number of nitrogens with zero attached hydrogens (tertiary/aromatic N) is 4.